The predicted molar refractivity (Wildman–Crippen MR) is 143 cm³/mol. The maximum atomic E-state index is 13.1. The summed E-state index contributed by atoms with van der Waals surface area (Å²) in [7, 11) is 4.33. The van der Waals surface area contributed by atoms with Crippen molar-refractivity contribution in [3.8, 4) is 23.0 Å². The van der Waals surface area contributed by atoms with E-state index in [2.05, 4.69) is 10.3 Å². The molecule has 11 nitrogen and oxygen atoms in total. The van der Waals surface area contributed by atoms with Crippen molar-refractivity contribution >= 4 is 16.8 Å². The van der Waals surface area contributed by atoms with Crippen LogP contribution in [0.2, 0.25) is 0 Å². The van der Waals surface area contributed by atoms with Gasteiger partial charge in [0.15, 0.2) is 11.5 Å². The average Bonchev–Trinajstić information content (AvgIpc) is 2.92. The number of methoxy groups -OCH3 is 3. The normalized spacial score (nSPS) is 11.7. The van der Waals surface area contributed by atoms with Crippen molar-refractivity contribution in [3.05, 3.63) is 86.5 Å². The van der Waals surface area contributed by atoms with Crippen molar-refractivity contribution in [2.24, 2.45) is 0 Å². The van der Waals surface area contributed by atoms with E-state index in [0.29, 0.717) is 22.2 Å². The first-order chi connectivity index (χ1) is 18.8. The van der Waals surface area contributed by atoms with Gasteiger partial charge in [0, 0.05) is 37.1 Å². The standard InChI is InChI=1S/C28H29N3O8/c1-16-13-21(32)24(28(35)39-16)19(17-9-10-22(36-2)26(38-4)25(17)37-3)14-23(33)29-11-12-31-15-30-20-8-6-5-7-18(20)27(31)34/h5-10,13,15,19,32H,11-12,14H2,1-4H3,(H,29,33)/t19-/m1/s1. The topological polar surface area (TPSA) is 142 Å². The maximum absolute atomic E-state index is 13.1. The zero-order valence-corrected chi connectivity index (χ0v) is 22.0. The molecule has 1 amide bonds. The third-order valence-electron chi connectivity index (χ3n) is 6.34. The number of benzene rings is 2. The van der Waals surface area contributed by atoms with Gasteiger partial charge in [0.05, 0.1) is 44.1 Å². The van der Waals surface area contributed by atoms with Crippen LogP contribution in [0.5, 0.6) is 23.0 Å². The zero-order chi connectivity index (χ0) is 28.1. The molecule has 0 saturated carbocycles. The monoisotopic (exact) mass is 535 g/mol. The fraction of sp³-hybridized carbons (Fsp3) is 0.286. The van der Waals surface area contributed by atoms with Crippen LogP contribution in [-0.4, -0.2) is 48.4 Å². The number of ether oxygens (including phenoxy) is 3. The quantitative estimate of drug-likeness (QED) is 0.313. The molecule has 2 aromatic carbocycles. The lowest BCUT2D eigenvalue weighted by Crippen LogP contribution is -2.32. The van der Waals surface area contributed by atoms with Gasteiger partial charge in [-0.3, -0.25) is 14.2 Å². The highest BCUT2D eigenvalue weighted by Crippen LogP contribution is 2.45. The number of aromatic hydroxyl groups is 1. The number of amides is 1. The minimum atomic E-state index is -0.957. The molecular weight excluding hydrogens is 506 g/mol. The third-order valence-corrected chi connectivity index (χ3v) is 6.34. The van der Waals surface area contributed by atoms with Crippen LogP contribution in [0.25, 0.3) is 10.9 Å². The fourth-order valence-corrected chi connectivity index (χ4v) is 4.53. The second-order valence-electron chi connectivity index (χ2n) is 8.73. The first-order valence-corrected chi connectivity index (χ1v) is 12.1. The van der Waals surface area contributed by atoms with E-state index in [1.165, 1.54) is 45.2 Å². The maximum Gasteiger partial charge on any atom is 0.343 e. The van der Waals surface area contributed by atoms with Crippen LogP contribution in [0.1, 0.15) is 29.2 Å². The summed E-state index contributed by atoms with van der Waals surface area (Å²) in [5.41, 5.74) is -0.102. The summed E-state index contributed by atoms with van der Waals surface area (Å²) >= 11 is 0. The molecule has 0 fully saturated rings. The SMILES string of the molecule is COc1ccc([C@@H](CC(=O)NCCn2cnc3ccccc3c2=O)c2c(O)cc(C)oc2=O)c(OC)c1OC. The molecule has 0 unspecified atom stereocenters. The second kappa shape index (κ2) is 11.7. The number of aryl methyl sites for hydroxylation is 1. The van der Waals surface area contributed by atoms with E-state index in [1.807, 2.05) is 0 Å². The Hall–Kier alpha value is -4.80. The second-order valence-corrected chi connectivity index (χ2v) is 8.73. The summed E-state index contributed by atoms with van der Waals surface area (Å²) in [5.74, 6) is -0.592. The number of fused-ring (bicyclic) bond motifs is 1. The molecule has 1 atom stereocenters. The number of hydrogen-bond donors (Lipinski definition) is 2. The number of carbonyl (C=O) groups is 1. The van der Waals surface area contributed by atoms with E-state index in [0.717, 1.165) is 0 Å². The van der Waals surface area contributed by atoms with Crippen molar-refractivity contribution in [3.63, 3.8) is 0 Å². The first-order valence-electron chi connectivity index (χ1n) is 12.1. The molecule has 39 heavy (non-hydrogen) atoms. The largest absolute Gasteiger partial charge is 0.507 e. The van der Waals surface area contributed by atoms with Crippen molar-refractivity contribution in [1.29, 1.82) is 0 Å². The Morgan fingerprint density at radius 3 is 2.51 bits per heavy atom. The Balaban J connectivity index is 1.63. The molecule has 2 N–H and O–H groups in total. The number of nitrogens with one attached hydrogen (secondary N) is 1. The van der Waals surface area contributed by atoms with E-state index in [-0.39, 0.29) is 53.6 Å². The average molecular weight is 536 g/mol. The lowest BCUT2D eigenvalue weighted by Gasteiger charge is -2.22. The van der Waals surface area contributed by atoms with E-state index >= 15 is 0 Å². The summed E-state index contributed by atoms with van der Waals surface area (Å²) in [6.45, 7) is 1.85. The van der Waals surface area contributed by atoms with Gasteiger partial charge in [-0.25, -0.2) is 9.78 Å². The van der Waals surface area contributed by atoms with Gasteiger partial charge in [0.2, 0.25) is 11.7 Å². The smallest absolute Gasteiger partial charge is 0.343 e. The zero-order valence-electron chi connectivity index (χ0n) is 22.0. The Bertz CT molecular complexity index is 1630. The Labute approximate surface area is 223 Å². The predicted octanol–water partition coefficient (Wildman–Crippen LogP) is 2.73. The first kappa shape index (κ1) is 27.2. The van der Waals surface area contributed by atoms with Crippen molar-refractivity contribution in [1.82, 2.24) is 14.9 Å². The molecule has 0 aliphatic heterocycles. The Morgan fingerprint density at radius 2 is 1.82 bits per heavy atom. The molecule has 2 aromatic heterocycles. The number of nitrogens with zero attached hydrogens (tertiary/aromatic N) is 2. The van der Waals surface area contributed by atoms with Crippen molar-refractivity contribution in [2.45, 2.75) is 25.8 Å². The van der Waals surface area contributed by atoms with Gasteiger partial charge in [-0.2, -0.15) is 0 Å². The van der Waals surface area contributed by atoms with Gasteiger partial charge >= 0.3 is 5.63 Å². The lowest BCUT2D eigenvalue weighted by atomic mass is 9.87. The fourth-order valence-electron chi connectivity index (χ4n) is 4.53. The highest BCUT2D eigenvalue weighted by atomic mass is 16.5. The van der Waals surface area contributed by atoms with Crippen LogP contribution in [0, 0.1) is 6.92 Å². The summed E-state index contributed by atoms with van der Waals surface area (Å²) in [6, 6.07) is 11.6. The van der Waals surface area contributed by atoms with Gasteiger partial charge in [-0.15, -0.1) is 0 Å². The van der Waals surface area contributed by atoms with Crippen molar-refractivity contribution < 1.29 is 28.5 Å². The van der Waals surface area contributed by atoms with E-state index in [9.17, 15) is 19.5 Å². The van der Waals surface area contributed by atoms with Gasteiger partial charge in [-0.1, -0.05) is 18.2 Å². The van der Waals surface area contributed by atoms with E-state index in [4.69, 9.17) is 18.6 Å². The third kappa shape index (κ3) is 5.57. The van der Waals surface area contributed by atoms with Crippen LogP contribution in [-0.2, 0) is 11.3 Å². The Morgan fingerprint density at radius 1 is 1.08 bits per heavy atom. The van der Waals surface area contributed by atoms with Crippen LogP contribution in [0.15, 0.2) is 62.8 Å². The summed E-state index contributed by atoms with van der Waals surface area (Å²) in [4.78, 5) is 43.0. The van der Waals surface area contributed by atoms with Gasteiger partial charge < -0.3 is 29.1 Å². The highest BCUT2D eigenvalue weighted by Gasteiger charge is 2.30. The van der Waals surface area contributed by atoms with Crippen LogP contribution in [0.3, 0.4) is 0 Å². The molecule has 0 saturated heterocycles. The summed E-state index contributed by atoms with van der Waals surface area (Å²) < 4.78 is 23.1. The molecule has 0 spiro atoms. The number of para-hydroxylation sites is 1. The van der Waals surface area contributed by atoms with Gasteiger partial charge in [-0.05, 0) is 25.1 Å². The minimum absolute atomic E-state index is 0.101. The summed E-state index contributed by atoms with van der Waals surface area (Å²) in [5, 5.41) is 14.0. The molecule has 11 heteroatoms. The number of aromatic nitrogens is 2. The number of rotatable bonds is 10. The molecule has 0 radical (unpaired) electrons. The van der Waals surface area contributed by atoms with Crippen LogP contribution in [0.4, 0.5) is 0 Å². The number of hydrogen-bond acceptors (Lipinski definition) is 9. The molecule has 204 valence electrons. The highest BCUT2D eigenvalue weighted by molar-refractivity contribution is 5.78. The number of carbonyl (C=O) groups excluding carboxylic acids is 1. The van der Waals surface area contributed by atoms with Gasteiger partial charge in [0.25, 0.3) is 5.56 Å². The molecule has 4 aromatic rings. The van der Waals surface area contributed by atoms with Crippen LogP contribution < -0.4 is 30.7 Å². The van der Waals surface area contributed by atoms with Crippen molar-refractivity contribution in [2.75, 3.05) is 27.9 Å². The molecular formula is C28H29N3O8. The van der Waals surface area contributed by atoms with Crippen LogP contribution >= 0.6 is 0 Å². The molecule has 4 rings (SSSR count). The lowest BCUT2D eigenvalue weighted by molar-refractivity contribution is -0.121. The van der Waals surface area contributed by atoms with E-state index in [1.54, 1.807) is 36.4 Å². The summed E-state index contributed by atoms with van der Waals surface area (Å²) in [6.07, 6.45) is 1.20. The molecule has 0 aliphatic carbocycles. The molecule has 0 aliphatic rings. The minimum Gasteiger partial charge on any atom is -0.507 e. The molecule has 2 heterocycles. The van der Waals surface area contributed by atoms with Gasteiger partial charge in [0.1, 0.15) is 11.5 Å². The Kier molecular flexibility index (Phi) is 8.18. The molecule has 0 bridgehead atoms. The van der Waals surface area contributed by atoms with E-state index < -0.39 is 17.5 Å².